The highest BCUT2D eigenvalue weighted by molar-refractivity contribution is 5.80. The average molecular weight is 424 g/mol. The number of rotatable bonds is 7. The molecule has 8 heteroatoms. The number of carbonyl (C=O) groups excluding carboxylic acids is 1. The van der Waals surface area contributed by atoms with Gasteiger partial charge in [-0.1, -0.05) is 12.8 Å². The van der Waals surface area contributed by atoms with Gasteiger partial charge in [-0.2, -0.15) is 0 Å². The number of guanidine groups is 1. The Morgan fingerprint density at radius 1 is 1.00 bits per heavy atom. The molecule has 0 radical (unpaired) electrons. The van der Waals surface area contributed by atoms with Crippen molar-refractivity contribution in [1.82, 2.24) is 20.0 Å². The maximum absolute atomic E-state index is 12.6. The van der Waals surface area contributed by atoms with Crippen LogP contribution < -0.4 is 5.32 Å². The number of likely N-dealkylation sites (tertiary alicyclic amines) is 1. The Hall–Kier alpha value is -1.38. The Kier molecular flexibility index (Phi) is 10.2. The first-order chi connectivity index (χ1) is 14.8. The van der Waals surface area contributed by atoms with Crippen LogP contribution in [0.2, 0.25) is 0 Å². The number of nitrogens with one attached hydrogen (secondary N) is 1. The van der Waals surface area contributed by atoms with E-state index in [1.807, 2.05) is 7.05 Å². The maximum atomic E-state index is 12.6. The van der Waals surface area contributed by atoms with Crippen LogP contribution in [0, 0.1) is 0 Å². The van der Waals surface area contributed by atoms with E-state index in [1.165, 1.54) is 12.8 Å². The molecule has 0 atom stereocenters. The van der Waals surface area contributed by atoms with E-state index in [0.717, 1.165) is 104 Å². The van der Waals surface area contributed by atoms with Gasteiger partial charge in [0.25, 0.3) is 0 Å². The SMILES string of the molecule is CN=C(NCCCOC1CCOCC1)N1CCN(CC(=O)N2CCCCCC2)CC1. The Morgan fingerprint density at radius 2 is 1.70 bits per heavy atom. The quantitative estimate of drug-likeness (QED) is 0.377. The molecule has 3 heterocycles. The predicted molar refractivity (Wildman–Crippen MR) is 119 cm³/mol. The number of amides is 1. The van der Waals surface area contributed by atoms with Crippen LogP contribution in [-0.4, -0.2) is 112 Å². The van der Waals surface area contributed by atoms with Crippen LogP contribution in [0.4, 0.5) is 0 Å². The molecule has 0 bridgehead atoms. The van der Waals surface area contributed by atoms with Gasteiger partial charge in [0.15, 0.2) is 5.96 Å². The van der Waals surface area contributed by atoms with Gasteiger partial charge >= 0.3 is 0 Å². The summed E-state index contributed by atoms with van der Waals surface area (Å²) in [6, 6.07) is 0. The van der Waals surface area contributed by atoms with Gasteiger partial charge in [-0.15, -0.1) is 0 Å². The fourth-order valence-corrected chi connectivity index (χ4v) is 4.43. The van der Waals surface area contributed by atoms with E-state index in [9.17, 15) is 4.79 Å². The van der Waals surface area contributed by atoms with Crippen LogP contribution >= 0.6 is 0 Å². The van der Waals surface area contributed by atoms with Crippen molar-refractivity contribution < 1.29 is 14.3 Å². The molecule has 8 nitrogen and oxygen atoms in total. The molecule has 3 aliphatic rings. The van der Waals surface area contributed by atoms with E-state index in [2.05, 4.69) is 25.0 Å². The highest BCUT2D eigenvalue weighted by atomic mass is 16.5. The molecule has 0 aromatic heterocycles. The second-order valence-corrected chi connectivity index (χ2v) is 8.57. The molecule has 3 saturated heterocycles. The molecule has 3 rings (SSSR count). The van der Waals surface area contributed by atoms with Crippen molar-refractivity contribution in [2.75, 3.05) is 79.2 Å². The van der Waals surface area contributed by atoms with Crippen LogP contribution in [0.1, 0.15) is 44.9 Å². The Morgan fingerprint density at radius 3 is 2.37 bits per heavy atom. The summed E-state index contributed by atoms with van der Waals surface area (Å²) >= 11 is 0. The summed E-state index contributed by atoms with van der Waals surface area (Å²) in [5, 5.41) is 3.47. The third-order valence-corrected chi connectivity index (χ3v) is 6.33. The van der Waals surface area contributed by atoms with Crippen molar-refractivity contribution in [2.24, 2.45) is 4.99 Å². The first-order valence-electron chi connectivity index (χ1n) is 11.9. The molecule has 0 unspecified atom stereocenters. The van der Waals surface area contributed by atoms with E-state index in [4.69, 9.17) is 9.47 Å². The molecule has 1 N–H and O–H groups in total. The third-order valence-electron chi connectivity index (χ3n) is 6.33. The van der Waals surface area contributed by atoms with Crippen LogP contribution in [-0.2, 0) is 14.3 Å². The second kappa shape index (κ2) is 13.1. The van der Waals surface area contributed by atoms with Gasteiger partial charge in [-0.05, 0) is 32.1 Å². The topological polar surface area (TPSA) is 69.6 Å². The Balaban J connectivity index is 1.29. The molecule has 0 aliphatic carbocycles. The Labute approximate surface area is 181 Å². The maximum Gasteiger partial charge on any atom is 0.236 e. The number of nitrogens with zero attached hydrogens (tertiary/aromatic N) is 4. The van der Waals surface area contributed by atoms with Gasteiger partial charge in [0.05, 0.1) is 12.6 Å². The normalized spacial score (nSPS) is 22.8. The Bertz CT molecular complexity index is 523. The minimum atomic E-state index is 0.303. The number of ether oxygens (including phenoxy) is 2. The first-order valence-corrected chi connectivity index (χ1v) is 11.9. The highest BCUT2D eigenvalue weighted by Crippen LogP contribution is 2.12. The first kappa shape index (κ1) is 23.3. The summed E-state index contributed by atoms with van der Waals surface area (Å²) in [4.78, 5) is 23.7. The lowest BCUT2D eigenvalue weighted by Gasteiger charge is -2.37. The monoisotopic (exact) mass is 423 g/mol. The molecule has 1 amide bonds. The lowest BCUT2D eigenvalue weighted by molar-refractivity contribution is -0.132. The number of hydrogen-bond acceptors (Lipinski definition) is 5. The predicted octanol–water partition coefficient (Wildman–Crippen LogP) is 1.17. The molecule has 30 heavy (non-hydrogen) atoms. The molecule has 3 fully saturated rings. The zero-order chi connectivity index (χ0) is 21.0. The third kappa shape index (κ3) is 7.71. The van der Waals surface area contributed by atoms with E-state index < -0.39 is 0 Å². The van der Waals surface area contributed by atoms with Crippen molar-refractivity contribution >= 4 is 11.9 Å². The minimum absolute atomic E-state index is 0.303. The summed E-state index contributed by atoms with van der Waals surface area (Å²) < 4.78 is 11.3. The van der Waals surface area contributed by atoms with Crippen LogP contribution in [0.25, 0.3) is 0 Å². The van der Waals surface area contributed by atoms with Gasteiger partial charge in [0.2, 0.25) is 5.91 Å². The van der Waals surface area contributed by atoms with Crippen molar-refractivity contribution in [1.29, 1.82) is 0 Å². The zero-order valence-electron chi connectivity index (χ0n) is 18.8. The number of piperazine rings is 1. The minimum Gasteiger partial charge on any atom is -0.381 e. The number of hydrogen-bond donors (Lipinski definition) is 1. The van der Waals surface area contributed by atoms with Gasteiger partial charge in [-0.3, -0.25) is 14.7 Å². The molecule has 3 aliphatic heterocycles. The van der Waals surface area contributed by atoms with Gasteiger partial charge < -0.3 is 24.6 Å². The zero-order valence-corrected chi connectivity index (χ0v) is 18.8. The fourth-order valence-electron chi connectivity index (χ4n) is 4.43. The molecule has 172 valence electrons. The second-order valence-electron chi connectivity index (χ2n) is 8.57. The van der Waals surface area contributed by atoms with Crippen LogP contribution in [0.3, 0.4) is 0 Å². The number of carbonyl (C=O) groups is 1. The number of aliphatic imine (C=N–C) groups is 1. The summed E-state index contributed by atoms with van der Waals surface area (Å²) in [7, 11) is 1.84. The summed E-state index contributed by atoms with van der Waals surface area (Å²) in [5.74, 6) is 1.26. The standard InChI is InChI=1S/C22H41N5O3/c1-23-22(24-9-6-16-30-20-7-17-29-18-8-20)27-14-12-25(13-15-27)19-21(28)26-10-4-2-3-5-11-26/h20H,2-19H2,1H3,(H,23,24). The largest absolute Gasteiger partial charge is 0.381 e. The molecule has 0 spiro atoms. The van der Waals surface area contributed by atoms with E-state index in [1.54, 1.807) is 0 Å². The molecule has 0 aromatic carbocycles. The van der Waals surface area contributed by atoms with E-state index >= 15 is 0 Å². The van der Waals surface area contributed by atoms with Crippen molar-refractivity contribution in [3.63, 3.8) is 0 Å². The van der Waals surface area contributed by atoms with Crippen LogP contribution in [0.5, 0.6) is 0 Å². The molecule has 0 aromatic rings. The van der Waals surface area contributed by atoms with Gasteiger partial charge in [0.1, 0.15) is 0 Å². The van der Waals surface area contributed by atoms with E-state index in [-0.39, 0.29) is 0 Å². The molecular weight excluding hydrogens is 382 g/mol. The fraction of sp³-hybridized carbons (Fsp3) is 0.909. The summed E-state index contributed by atoms with van der Waals surface area (Å²) in [5.41, 5.74) is 0. The molecule has 0 saturated carbocycles. The van der Waals surface area contributed by atoms with Crippen LogP contribution in [0.15, 0.2) is 4.99 Å². The van der Waals surface area contributed by atoms with Gasteiger partial charge in [0, 0.05) is 72.7 Å². The molecular formula is C22H41N5O3. The lowest BCUT2D eigenvalue weighted by Crippen LogP contribution is -2.54. The summed E-state index contributed by atoms with van der Waals surface area (Å²) in [6.07, 6.45) is 8.19. The van der Waals surface area contributed by atoms with Crippen molar-refractivity contribution in [3.8, 4) is 0 Å². The van der Waals surface area contributed by atoms with Crippen molar-refractivity contribution in [3.05, 3.63) is 0 Å². The average Bonchev–Trinajstić information content (AvgIpc) is 3.07. The van der Waals surface area contributed by atoms with Crippen molar-refractivity contribution in [2.45, 2.75) is 51.0 Å². The summed E-state index contributed by atoms with van der Waals surface area (Å²) in [6.45, 7) is 9.36. The smallest absolute Gasteiger partial charge is 0.236 e. The highest BCUT2D eigenvalue weighted by Gasteiger charge is 2.23. The van der Waals surface area contributed by atoms with Gasteiger partial charge in [-0.25, -0.2) is 0 Å². The lowest BCUT2D eigenvalue weighted by atomic mass is 10.1. The van der Waals surface area contributed by atoms with E-state index in [0.29, 0.717) is 18.6 Å².